The molecular weight excluding hydrogens is 320 g/mol. The van der Waals surface area contributed by atoms with Crippen molar-refractivity contribution in [3.8, 4) is 0 Å². The van der Waals surface area contributed by atoms with Crippen molar-refractivity contribution in [1.82, 2.24) is 5.32 Å². The summed E-state index contributed by atoms with van der Waals surface area (Å²) in [6.45, 7) is 2.89. The zero-order valence-corrected chi connectivity index (χ0v) is 17.0. The van der Waals surface area contributed by atoms with Gasteiger partial charge in [-0.25, -0.2) is 0 Å². The lowest BCUT2D eigenvalue weighted by Gasteiger charge is -2.64. The van der Waals surface area contributed by atoms with Crippen LogP contribution in [0.5, 0.6) is 0 Å². The van der Waals surface area contributed by atoms with Crippen molar-refractivity contribution in [1.29, 1.82) is 0 Å². The Kier molecular flexibility index (Phi) is 5.49. The van der Waals surface area contributed by atoms with Crippen molar-refractivity contribution >= 4 is 5.78 Å². The first-order chi connectivity index (χ1) is 12.5. The number of hydrogen-bond donors (Lipinski definition) is 2. The Bertz CT molecular complexity index is 504. The molecule has 0 heterocycles. The largest absolute Gasteiger partial charge is 0.322 e. The van der Waals surface area contributed by atoms with E-state index in [1.807, 2.05) is 0 Å². The Balaban J connectivity index is 1.53. The number of carbonyl (C=O) groups excluding carboxylic acids is 1. The van der Waals surface area contributed by atoms with Crippen LogP contribution in [0.3, 0.4) is 0 Å². The Morgan fingerprint density at radius 1 is 1.15 bits per heavy atom. The van der Waals surface area contributed by atoms with Gasteiger partial charge in [-0.2, -0.15) is 0 Å². The summed E-state index contributed by atoms with van der Waals surface area (Å²) in [6.07, 6.45) is 15.2. The van der Waals surface area contributed by atoms with Gasteiger partial charge in [-0.05, 0) is 106 Å². The molecule has 6 unspecified atom stereocenters. The monoisotopic (exact) mass is 360 g/mol. The molecule has 0 aromatic carbocycles. The lowest BCUT2D eigenvalue weighted by molar-refractivity contribution is -0.143. The van der Waals surface area contributed by atoms with Gasteiger partial charge in [0, 0.05) is 6.54 Å². The van der Waals surface area contributed by atoms with Gasteiger partial charge in [0.1, 0.15) is 5.78 Å². The number of rotatable bonds is 7. The lowest BCUT2D eigenvalue weighted by atomic mass is 9.41. The second-order valence-corrected chi connectivity index (χ2v) is 10.5. The van der Waals surface area contributed by atoms with Crippen LogP contribution >= 0.6 is 0 Å². The molecule has 0 aliphatic heterocycles. The highest BCUT2D eigenvalue weighted by Crippen LogP contribution is 2.66. The minimum atomic E-state index is -0.234. The maximum Gasteiger partial charge on any atom is 0.146 e. The van der Waals surface area contributed by atoms with E-state index in [-0.39, 0.29) is 11.8 Å². The molecule has 0 aromatic heterocycles. The third-order valence-corrected chi connectivity index (χ3v) is 8.87. The molecule has 0 saturated heterocycles. The standard InChI is InChI=1S/C23H40N2O/c1-15(26)21(24)8-7-18-5-3-4-6-20(18)22-19-10-16-9-17(11-19)13-23(22,12-16)14-25-2/h16-22,25H,3-14,24H2,1-2H3. The van der Waals surface area contributed by atoms with E-state index in [9.17, 15) is 4.79 Å². The Hall–Kier alpha value is -0.410. The molecule has 6 atom stereocenters. The Labute approximate surface area is 160 Å². The molecule has 4 bridgehead atoms. The summed E-state index contributed by atoms with van der Waals surface area (Å²) in [4.78, 5) is 11.6. The number of nitrogens with two attached hydrogens (primary N) is 1. The first-order valence-corrected chi connectivity index (χ1v) is 11.4. The number of hydrogen-bond acceptors (Lipinski definition) is 3. The molecule has 5 aliphatic carbocycles. The SMILES string of the molecule is CNCC12CC3CC(CC(C3)C1C1CCCCC1CCC(N)C(C)=O)C2. The summed E-state index contributed by atoms with van der Waals surface area (Å²) in [6, 6.07) is -0.234. The van der Waals surface area contributed by atoms with Crippen LogP contribution in [0.15, 0.2) is 0 Å². The minimum Gasteiger partial charge on any atom is -0.322 e. The zero-order chi connectivity index (χ0) is 18.3. The molecule has 148 valence electrons. The molecule has 3 nitrogen and oxygen atoms in total. The average Bonchev–Trinajstić information content (AvgIpc) is 2.59. The molecular formula is C23H40N2O. The zero-order valence-electron chi connectivity index (χ0n) is 17.0. The van der Waals surface area contributed by atoms with Crippen molar-refractivity contribution < 1.29 is 4.79 Å². The van der Waals surface area contributed by atoms with Crippen molar-refractivity contribution in [2.24, 2.45) is 46.7 Å². The van der Waals surface area contributed by atoms with Gasteiger partial charge >= 0.3 is 0 Å². The second kappa shape index (κ2) is 7.54. The van der Waals surface area contributed by atoms with Gasteiger partial charge < -0.3 is 11.1 Å². The normalized spacial score (nSPS) is 45.7. The van der Waals surface area contributed by atoms with E-state index in [1.165, 1.54) is 70.8 Å². The molecule has 0 amide bonds. The summed E-state index contributed by atoms with van der Waals surface area (Å²) in [7, 11) is 2.17. The molecule has 5 rings (SSSR count). The van der Waals surface area contributed by atoms with Gasteiger partial charge in [0.05, 0.1) is 6.04 Å². The van der Waals surface area contributed by atoms with Crippen LogP contribution in [0.2, 0.25) is 0 Å². The smallest absolute Gasteiger partial charge is 0.146 e. The third kappa shape index (κ3) is 3.39. The van der Waals surface area contributed by atoms with Crippen molar-refractivity contribution in [3.05, 3.63) is 0 Å². The fraction of sp³-hybridized carbons (Fsp3) is 0.957. The maximum absolute atomic E-state index is 11.6. The van der Waals surface area contributed by atoms with Crippen molar-refractivity contribution in [3.63, 3.8) is 0 Å². The van der Waals surface area contributed by atoms with Gasteiger partial charge in [0.25, 0.3) is 0 Å². The molecule has 3 N–H and O–H groups in total. The predicted octanol–water partition coefficient (Wildman–Crippen LogP) is 4.15. The van der Waals surface area contributed by atoms with Crippen molar-refractivity contribution in [2.45, 2.75) is 83.6 Å². The number of Topliss-reactive ketones (excluding diaryl/α,β-unsaturated/α-hetero) is 1. The minimum absolute atomic E-state index is 0.165. The molecule has 0 radical (unpaired) electrons. The molecule has 5 aliphatic rings. The van der Waals surface area contributed by atoms with E-state index in [0.717, 1.165) is 41.9 Å². The topological polar surface area (TPSA) is 55.1 Å². The molecule has 26 heavy (non-hydrogen) atoms. The lowest BCUT2D eigenvalue weighted by Crippen LogP contribution is -2.59. The fourth-order valence-electron chi connectivity index (χ4n) is 8.33. The first-order valence-electron chi connectivity index (χ1n) is 11.4. The third-order valence-electron chi connectivity index (χ3n) is 8.87. The van der Waals surface area contributed by atoms with E-state index >= 15 is 0 Å². The molecule has 0 aromatic rings. The number of carbonyl (C=O) groups is 1. The maximum atomic E-state index is 11.6. The van der Waals surface area contributed by atoms with E-state index < -0.39 is 0 Å². The van der Waals surface area contributed by atoms with Crippen LogP contribution in [0.25, 0.3) is 0 Å². The van der Waals surface area contributed by atoms with Crippen LogP contribution in [-0.4, -0.2) is 25.4 Å². The van der Waals surface area contributed by atoms with Crippen LogP contribution in [-0.2, 0) is 4.79 Å². The summed E-state index contributed by atoms with van der Waals surface area (Å²) in [5.74, 6) is 5.82. The van der Waals surface area contributed by atoms with E-state index in [0.29, 0.717) is 5.41 Å². The van der Waals surface area contributed by atoms with Crippen LogP contribution < -0.4 is 11.1 Å². The van der Waals surface area contributed by atoms with E-state index in [2.05, 4.69) is 12.4 Å². The summed E-state index contributed by atoms with van der Waals surface area (Å²) < 4.78 is 0. The van der Waals surface area contributed by atoms with E-state index in [4.69, 9.17) is 5.73 Å². The second-order valence-electron chi connectivity index (χ2n) is 10.5. The quantitative estimate of drug-likeness (QED) is 0.717. The van der Waals surface area contributed by atoms with Gasteiger partial charge in [0.15, 0.2) is 0 Å². The van der Waals surface area contributed by atoms with Crippen LogP contribution in [0.1, 0.15) is 77.6 Å². The summed E-state index contributed by atoms with van der Waals surface area (Å²) in [5, 5.41) is 3.61. The number of ketones is 1. The van der Waals surface area contributed by atoms with Crippen molar-refractivity contribution in [2.75, 3.05) is 13.6 Å². The van der Waals surface area contributed by atoms with Gasteiger partial charge in [0.2, 0.25) is 0 Å². The van der Waals surface area contributed by atoms with Crippen LogP contribution in [0, 0.1) is 40.9 Å². The predicted molar refractivity (Wildman–Crippen MR) is 107 cm³/mol. The summed E-state index contributed by atoms with van der Waals surface area (Å²) >= 11 is 0. The molecule has 5 saturated carbocycles. The highest BCUT2D eigenvalue weighted by molar-refractivity contribution is 5.81. The number of nitrogens with one attached hydrogen (secondary N) is 1. The molecule has 5 fully saturated rings. The summed E-state index contributed by atoms with van der Waals surface area (Å²) in [5.41, 5.74) is 6.66. The Morgan fingerprint density at radius 2 is 1.85 bits per heavy atom. The van der Waals surface area contributed by atoms with Gasteiger partial charge in [-0.1, -0.05) is 19.3 Å². The average molecular weight is 361 g/mol. The fourth-order valence-corrected chi connectivity index (χ4v) is 8.33. The highest BCUT2D eigenvalue weighted by atomic mass is 16.1. The first kappa shape index (κ1) is 18.9. The van der Waals surface area contributed by atoms with Gasteiger partial charge in [-0.15, -0.1) is 0 Å². The molecule has 3 heteroatoms. The Morgan fingerprint density at radius 3 is 2.50 bits per heavy atom. The van der Waals surface area contributed by atoms with Crippen LogP contribution in [0.4, 0.5) is 0 Å². The van der Waals surface area contributed by atoms with Gasteiger partial charge in [-0.3, -0.25) is 4.79 Å². The molecule has 0 spiro atoms. The van der Waals surface area contributed by atoms with E-state index in [1.54, 1.807) is 6.92 Å². The highest BCUT2D eigenvalue weighted by Gasteiger charge is 2.59.